The smallest absolute Gasteiger partial charge is 0.0642 e. The van der Waals surface area contributed by atoms with Crippen LogP contribution < -0.4 is 5.32 Å². The highest BCUT2D eigenvalue weighted by Gasteiger charge is 2.21. The highest BCUT2D eigenvalue weighted by atomic mass is 16.5. The average Bonchev–Trinajstić information content (AvgIpc) is 1.88. The van der Waals surface area contributed by atoms with Gasteiger partial charge in [-0.15, -0.1) is 0 Å². The fourth-order valence-corrected chi connectivity index (χ4v) is 1.20. The zero-order chi connectivity index (χ0) is 8.74. The van der Waals surface area contributed by atoms with Crippen LogP contribution in [0.25, 0.3) is 0 Å². The molecule has 0 heterocycles. The molecule has 11 heavy (non-hydrogen) atoms. The van der Waals surface area contributed by atoms with Crippen LogP contribution in [-0.4, -0.2) is 37.5 Å². The van der Waals surface area contributed by atoms with Gasteiger partial charge in [0, 0.05) is 19.3 Å². The maximum absolute atomic E-state index is 8.76. The number of ether oxygens (including phenoxy) is 1. The van der Waals surface area contributed by atoms with Crippen LogP contribution in [0, 0.1) is 0 Å². The van der Waals surface area contributed by atoms with E-state index >= 15 is 0 Å². The number of aliphatic hydroxyl groups is 1. The summed E-state index contributed by atoms with van der Waals surface area (Å²) in [5.41, 5.74) is -0.0712. The van der Waals surface area contributed by atoms with Gasteiger partial charge in [-0.05, 0) is 19.9 Å². The topological polar surface area (TPSA) is 41.5 Å². The molecule has 0 radical (unpaired) electrons. The van der Waals surface area contributed by atoms with E-state index in [1.807, 2.05) is 6.92 Å². The van der Waals surface area contributed by atoms with E-state index in [9.17, 15) is 0 Å². The van der Waals surface area contributed by atoms with Gasteiger partial charge < -0.3 is 15.2 Å². The van der Waals surface area contributed by atoms with Crippen LogP contribution in [0.15, 0.2) is 0 Å². The van der Waals surface area contributed by atoms with E-state index in [1.54, 1.807) is 7.11 Å². The van der Waals surface area contributed by atoms with Crippen LogP contribution in [0.2, 0.25) is 0 Å². The Balaban J connectivity index is 3.79. The molecule has 0 aromatic carbocycles. The molecule has 0 spiro atoms. The Labute approximate surface area is 68.8 Å². The minimum Gasteiger partial charge on any atom is -0.396 e. The lowest BCUT2D eigenvalue weighted by molar-refractivity contribution is 0.0993. The summed E-state index contributed by atoms with van der Waals surface area (Å²) in [7, 11) is 1.67. The molecule has 0 aliphatic rings. The summed E-state index contributed by atoms with van der Waals surface area (Å²) in [6.45, 7) is 5.84. The van der Waals surface area contributed by atoms with Crippen LogP contribution >= 0.6 is 0 Å². The minimum absolute atomic E-state index is 0.0712. The monoisotopic (exact) mass is 161 g/mol. The molecule has 0 rings (SSSR count). The van der Waals surface area contributed by atoms with E-state index < -0.39 is 0 Å². The highest BCUT2D eigenvalue weighted by Crippen LogP contribution is 2.08. The lowest BCUT2D eigenvalue weighted by atomic mass is 10.00. The molecule has 0 amide bonds. The molecule has 3 nitrogen and oxygen atoms in total. The van der Waals surface area contributed by atoms with Crippen LogP contribution in [0.3, 0.4) is 0 Å². The van der Waals surface area contributed by atoms with Crippen molar-refractivity contribution in [1.82, 2.24) is 5.32 Å². The second-order valence-corrected chi connectivity index (χ2v) is 3.00. The van der Waals surface area contributed by atoms with E-state index in [0.29, 0.717) is 6.61 Å². The van der Waals surface area contributed by atoms with E-state index in [0.717, 1.165) is 13.0 Å². The summed E-state index contributed by atoms with van der Waals surface area (Å²) in [4.78, 5) is 0. The summed E-state index contributed by atoms with van der Waals surface area (Å²) in [5, 5.41) is 12.0. The molecule has 0 aromatic rings. The zero-order valence-electron chi connectivity index (χ0n) is 7.68. The van der Waals surface area contributed by atoms with Gasteiger partial charge in [-0.3, -0.25) is 0 Å². The van der Waals surface area contributed by atoms with Gasteiger partial charge in [-0.25, -0.2) is 0 Å². The molecular formula is C8H19NO2. The van der Waals surface area contributed by atoms with Gasteiger partial charge in [-0.2, -0.15) is 0 Å². The van der Waals surface area contributed by atoms with Gasteiger partial charge in [-0.1, -0.05) is 6.92 Å². The summed E-state index contributed by atoms with van der Waals surface area (Å²) >= 11 is 0. The predicted molar refractivity (Wildman–Crippen MR) is 45.7 cm³/mol. The molecule has 3 heteroatoms. The fourth-order valence-electron chi connectivity index (χ4n) is 1.20. The molecule has 2 N–H and O–H groups in total. The number of aliphatic hydroxyl groups excluding tert-OH is 1. The Hall–Kier alpha value is -0.120. The molecule has 1 atom stereocenters. The van der Waals surface area contributed by atoms with Crippen molar-refractivity contribution in [3.63, 3.8) is 0 Å². The number of rotatable bonds is 6. The van der Waals surface area contributed by atoms with E-state index in [2.05, 4.69) is 12.2 Å². The number of hydrogen-bond donors (Lipinski definition) is 2. The molecule has 0 fully saturated rings. The van der Waals surface area contributed by atoms with Gasteiger partial charge in [0.15, 0.2) is 0 Å². The number of likely N-dealkylation sites (N-methyl/N-ethyl adjacent to an activating group) is 1. The molecule has 1 unspecified atom stereocenters. The van der Waals surface area contributed by atoms with Crippen molar-refractivity contribution < 1.29 is 9.84 Å². The van der Waals surface area contributed by atoms with Crippen molar-refractivity contribution >= 4 is 0 Å². The largest absolute Gasteiger partial charge is 0.396 e. The first-order valence-corrected chi connectivity index (χ1v) is 4.03. The zero-order valence-corrected chi connectivity index (χ0v) is 7.68. The highest BCUT2D eigenvalue weighted by molar-refractivity contribution is 4.81. The maximum Gasteiger partial charge on any atom is 0.0642 e. The second kappa shape index (κ2) is 5.52. The van der Waals surface area contributed by atoms with E-state index in [4.69, 9.17) is 9.84 Å². The molecule has 0 saturated carbocycles. The third-order valence-electron chi connectivity index (χ3n) is 1.73. The molecule has 0 saturated heterocycles. The fraction of sp³-hybridized carbons (Fsp3) is 1.00. The summed E-state index contributed by atoms with van der Waals surface area (Å²) < 4.78 is 5.04. The predicted octanol–water partition coefficient (Wildman–Crippen LogP) is 0.383. The third kappa shape index (κ3) is 4.35. The third-order valence-corrected chi connectivity index (χ3v) is 1.73. The van der Waals surface area contributed by atoms with Crippen LogP contribution in [0.5, 0.6) is 0 Å². The first-order chi connectivity index (χ1) is 5.18. The van der Waals surface area contributed by atoms with E-state index in [-0.39, 0.29) is 12.1 Å². The number of hydrogen-bond acceptors (Lipinski definition) is 3. The summed E-state index contributed by atoms with van der Waals surface area (Å²) in [6, 6.07) is 0. The van der Waals surface area contributed by atoms with Crippen molar-refractivity contribution in [3.8, 4) is 0 Å². The number of nitrogens with one attached hydrogen (secondary N) is 1. The van der Waals surface area contributed by atoms with Gasteiger partial charge in [0.25, 0.3) is 0 Å². The Morgan fingerprint density at radius 3 is 2.55 bits per heavy atom. The number of methoxy groups -OCH3 is 1. The lowest BCUT2D eigenvalue weighted by Gasteiger charge is -2.28. The summed E-state index contributed by atoms with van der Waals surface area (Å²) in [6.07, 6.45) is 0.731. The SMILES string of the molecule is CCNC(C)(CCO)COC. The first-order valence-electron chi connectivity index (χ1n) is 4.03. The summed E-state index contributed by atoms with van der Waals surface area (Å²) in [5.74, 6) is 0. The quantitative estimate of drug-likeness (QED) is 0.592. The van der Waals surface area contributed by atoms with E-state index in [1.165, 1.54) is 0 Å². The minimum atomic E-state index is -0.0712. The van der Waals surface area contributed by atoms with Crippen molar-refractivity contribution in [2.24, 2.45) is 0 Å². The molecule has 0 aromatic heterocycles. The molecule has 0 bridgehead atoms. The molecule has 68 valence electrons. The standard InChI is InChI=1S/C8H19NO2/c1-4-9-8(2,5-6-10)7-11-3/h9-10H,4-7H2,1-3H3. The Bertz CT molecular complexity index is 79.1. The maximum atomic E-state index is 8.76. The normalized spacial score (nSPS) is 16.4. The molecular weight excluding hydrogens is 142 g/mol. The van der Waals surface area contributed by atoms with Crippen molar-refractivity contribution in [2.75, 3.05) is 26.9 Å². The Kier molecular flexibility index (Phi) is 5.46. The van der Waals surface area contributed by atoms with Gasteiger partial charge >= 0.3 is 0 Å². The van der Waals surface area contributed by atoms with Gasteiger partial charge in [0.2, 0.25) is 0 Å². The Morgan fingerprint density at radius 1 is 1.55 bits per heavy atom. The van der Waals surface area contributed by atoms with Crippen LogP contribution in [-0.2, 0) is 4.74 Å². The van der Waals surface area contributed by atoms with Crippen molar-refractivity contribution in [2.45, 2.75) is 25.8 Å². The van der Waals surface area contributed by atoms with Gasteiger partial charge in [0.1, 0.15) is 0 Å². The van der Waals surface area contributed by atoms with Crippen molar-refractivity contribution in [1.29, 1.82) is 0 Å². The Morgan fingerprint density at radius 2 is 2.18 bits per heavy atom. The van der Waals surface area contributed by atoms with Crippen LogP contribution in [0.4, 0.5) is 0 Å². The van der Waals surface area contributed by atoms with Crippen LogP contribution in [0.1, 0.15) is 20.3 Å². The van der Waals surface area contributed by atoms with Crippen molar-refractivity contribution in [3.05, 3.63) is 0 Å². The molecule has 0 aliphatic carbocycles. The first kappa shape index (κ1) is 10.9. The van der Waals surface area contributed by atoms with Gasteiger partial charge in [0.05, 0.1) is 6.61 Å². The average molecular weight is 161 g/mol. The lowest BCUT2D eigenvalue weighted by Crippen LogP contribution is -2.46. The second-order valence-electron chi connectivity index (χ2n) is 3.00. The molecule has 0 aliphatic heterocycles.